The zero-order chi connectivity index (χ0) is 15.0. The van der Waals surface area contributed by atoms with Crippen molar-refractivity contribution in [1.82, 2.24) is 0 Å². The number of aliphatic imine (C=N–C) groups is 1. The Balaban J connectivity index is 2.81. The van der Waals surface area contributed by atoms with Crippen LogP contribution in [0.1, 0.15) is 53.4 Å². The van der Waals surface area contributed by atoms with Crippen LogP contribution in [0.3, 0.4) is 0 Å². The summed E-state index contributed by atoms with van der Waals surface area (Å²) in [5.41, 5.74) is 2.68. The van der Waals surface area contributed by atoms with Gasteiger partial charge in [0, 0.05) is 18.6 Å². The largest absolute Gasteiger partial charge is 0.498 e. The SMILES string of the molecule is C/C=C(\N=C(C)C1=CC=C(OCC)CC1)C(=O)CCC. The molecule has 0 bridgehead atoms. The third-order valence-electron chi connectivity index (χ3n) is 3.23. The van der Waals surface area contributed by atoms with Crippen LogP contribution in [0.25, 0.3) is 0 Å². The van der Waals surface area contributed by atoms with Gasteiger partial charge in [-0.25, -0.2) is 0 Å². The van der Waals surface area contributed by atoms with Gasteiger partial charge in [-0.3, -0.25) is 9.79 Å². The monoisotopic (exact) mass is 275 g/mol. The fourth-order valence-corrected chi connectivity index (χ4v) is 2.12. The molecule has 0 spiro atoms. The van der Waals surface area contributed by atoms with E-state index in [0.29, 0.717) is 18.7 Å². The molecule has 0 radical (unpaired) electrons. The van der Waals surface area contributed by atoms with Crippen molar-refractivity contribution in [2.24, 2.45) is 4.99 Å². The molecule has 0 heterocycles. The van der Waals surface area contributed by atoms with Gasteiger partial charge in [0.05, 0.1) is 12.4 Å². The lowest BCUT2D eigenvalue weighted by molar-refractivity contribution is -0.115. The van der Waals surface area contributed by atoms with Crippen molar-refractivity contribution in [3.8, 4) is 0 Å². The third kappa shape index (κ3) is 4.80. The fourth-order valence-electron chi connectivity index (χ4n) is 2.12. The Kier molecular flexibility index (Phi) is 6.99. The number of ketones is 1. The van der Waals surface area contributed by atoms with Crippen LogP contribution in [0.2, 0.25) is 0 Å². The number of rotatable bonds is 7. The number of carbonyl (C=O) groups is 1. The Labute approximate surface area is 122 Å². The molecular formula is C17H25NO2. The molecule has 20 heavy (non-hydrogen) atoms. The maximum atomic E-state index is 11.9. The molecular weight excluding hydrogens is 250 g/mol. The Bertz CT molecular complexity index is 467. The summed E-state index contributed by atoms with van der Waals surface area (Å²) in [6.07, 6.45) is 9.08. The number of carbonyl (C=O) groups excluding carboxylic acids is 1. The molecule has 0 unspecified atom stereocenters. The minimum Gasteiger partial charge on any atom is -0.498 e. The molecule has 0 saturated heterocycles. The van der Waals surface area contributed by atoms with Gasteiger partial charge < -0.3 is 4.74 Å². The smallest absolute Gasteiger partial charge is 0.180 e. The molecule has 0 atom stereocenters. The fraction of sp³-hybridized carbons (Fsp3) is 0.529. The molecule has 0 aliphatic heterocycles. The van der Waals surface area contributed by atoms with E-state index < -0.39 is 0 Å². The standard InChI is InChI=1S/C17H25NO2/c1-5-8-17(19)16(6-2)18-13(4)14-9-11-15(12-10-14)20-7-3/h6,9,11H,5,7-8,10,12H2,1-4H3/b16-6-,18-13?. The van der Waals surface area contributed by atoms with Gasteiger partial charge in [-0.2, -0.15) is 0 Å². The van der Waals surface area contributed by atoms with Gasteiger partial charge in [0.15, 0.2) is 5.78 Å². The second-order valence-corrected chi connectivity index (χ2v) is 4.80. The van der Waals surface area contributed by atoms with Crippen molar-refractivity contribution < 1.29 is 9.53 Å². The van der Waals surface area contributed by atoms with Crippen LogP contribution in [0.4, 0.5) is 0 Å². The van der Waals surface area contributed by atoms with Crippen LogP contribution in [0.5, 0.6) is 0 Å². The summed E-state index contributed by atoms with van der Waals surface area (Å²) in [4.78, 5) is 16.4. The predicted molar refractivity (Wildman–Crippen MR) is 83.8 cm³/mol. The summed E-state index contributed by atoms with van der Waals surface area (Å²) >= 11 is 0. The molecule has 0 fully saturated rings. The Morgan fingerprint density at radius 3 is 2.60 bits per heavy atom. The molecule has 0 N–H and O–H groups in total. The predicted octanol–water partition coefficient (Wildman–Crippen LogP) is 4.36. The third-order valence-corrected chi connectivity index (χ3v) is 3.23. The van der Waals surface area contributed by atoms with Crippen molar-refractivity contribution in [2.45, 2.75) is 53.4 Å². The van der Waals surface area contributed by atoms with Crippen LogP contribution in [0, 0.1) is 0 Å². The van der Waals surface area contributed by atoms with E-state index in [9.17, 15) is 4.79 Å². The van der Waals surface area contributed by atoms with Gasteiger partial charge in [-0.1, -0.05) is 19.1 Å². The minimum atomic E-state index is 0.122. The van der Waals surface area contributed by atoms with E-state index >= 15 is 0 Å². The first-order valence-electron chi connectivity index (χ1n) is 7.40. The van der Waals surface area contributed by atoms with E-state index in [1.54, 1.807) is 6.08 Å². The molecule has 110 valence electrons. The number of ether oxygens (including phenoxy) is 1. The molecule has 0 aromatic heterocycles. The zero-order valence-electron chi connectivity index (χ0n) is 13.0. The van der Waals surface area contributed by atoms with E-state index in [1.807, 2.05) is 39.8 Å². The number of allylic oxidation sites excluding steroid dienone is 6. The van der Waals surface area contributed by atoms with Crippen molar-refractivity contribution in [3.63, 3.8) is 0 Å². The molecule has 3 nitrogen and oxygen atoms in total. The first-order chi connectivity index (χ1) is 9.62. The molecule has 3 heteroatoms. The normalized spacial score (nSPS) is 16.6. The summed E-state index contributed by atoms with van der Waals surface area (Å²) < 4.78 is 5.49. The highest BCUT2D eigenvalue weighted by Gasteiger charge is 2.12. The van der Waals surface area contributed by atoms with Crippen LogP contribution in [-0.4, -0.2) is 18.1 Å². The summed E-state index contributed by atoms with van der Waals surface area (Å²) in [6.45, 7) is 8.53. The minimum absolute atomic E-state index is 0.122. The molecule has 0 aromatic rings. The Morgan fingerprint density at radius 1 is 1.35 bits per heavy atom. The lowest BCUT2D eigenvalue weighted by Crippen LogP contribution is -2.07. The lowest BCUT2D eigenvalue weighted by Gasteiger charge is -2.15. The van der Waals surface area contributed by atoms with E-state index in [0.717, 1.165) is 30.7 Å². The molecule has 1 aliphatic rings. The number of nitrogens with zero attached hydrogens (tertiary/aromatic N) is 1. The second kappa shape index (κ2) is 8.51. The highest BCUT2D eigenvalue weighted by atomic mass is 16.5. The Hall–Kier alpha value is -1.64. The molecule has 1 aliphatic carbocycles. The summed E-state index contributed by atoms with van der Waals surface area (Å²) in [5, 5.41) is 0. The maximum absolute atomic E-state index is 11.9. The van der Waals surface area contributed by atoms with Gasteiger partial charge in [0.25, 0.3) is 0 Å². The van der Waals surface area contributed by atoms with Gasteiger partial charge in [0.2, 0.25) is 0 Å². The number of hydrogen-bond acceptors (Lipinski definition) is 3. The first-order valence-corrected chi connectivity index (χ1v) is 7.40. The lowest BCUT2D eigenvalue weighted by atomic mass is 10.00. The van der Waals surface area contributed by atoms with Crippen molar-refractivity contribution in [3.05, 3.63) is 35.3 Å². The number of Topliss-reactive ketones (excluding diaryl/α,β-unsaturated/α-hetero) is 1. The van der Waals surface area contributed by atoms with Crippen LogP contribution < -0.4 is 0 Å². The van der Waals surface area contributed by atoms with Gasteiger partial charge >= 0.3 is 0 Å². The van der Waals surface area contributed by atoms with Gasteiger partial charge in [0.1, 0.15) is 5.70 Å². The van der Waals surface area contributed by atoms with E-state index in [1.165, 1.54) is 5.57 Å². The number of hydrogen-bond donors (Lipinski definition) is 0. The first kappa shape index (κ1) is 16.4. The molecule has 0 saturated carbocycles. The van der Waals surface area contributed by atoms with Gasteiger partial charge in [-0.05, 0) is 45.3 Å². The average Bonchev–Trinajstić information content (AvgIpc) is 2.45. The van der Waals surface area contributed by atoms with E-state index in [4.69, 9.17) is 4.74 Å². The highest BCUT2D eigenvalue weighted by Crippen LogP contribution is 2.21. The van der Waals surface area contributed by atoms with Crippen molar-refractivity contribution in [1.29, 1.82) is 0 Å². The van der Waals surface area contributed by atoms with Crippen molar-refractivity contribution in [2.75, 3.05) is 6.61 Å². The molecule has 0 amide bonds. The second-order valence-electron chi connectivity index (χ2n) is 4.80. The topological polar surface area (TPSA) is 38.7 Å². The van der Waals surface area contributed by atoms with Crippen molar-refractivity contribution >= 4 is 11.5 Å². The van der Waals surface area contributed by atoms with Gasteiger partial charge in [-0.15, -0.1) is 0 Å². The van der Waals surface area contributed by atoms with Crippen LogP contribution >= 0.6 is 0 Å². The zero-order valence-corrected chi connectivity index (χ0v) is 13.0. The molecule has 0 aromatic carbocycles. The molecule has 1 rings (SSSR count). The summed E-state index contributed by atoms with van der Waals surface area (Å²) in [6, 6.07) is 0. The Morgan fingerprint density at radius 2 is 2.10 bits per heavy atom. The summed E-state index contributed by atoms with van der Waals surface area (Å²) in [7, 11) is 0. The highest BCUT2D eigenvalue weighted by molar-refractivity contribution is 6.04. The van der Waals surface area contributed by atoms with E-state index in [-0.39, 0.29) is 5.78 Å². The average molecular weight is 275 g/mol. The quantitative estimate of drug-likeness (QED) is 0.511. The maximum Gasteiger partial charge on any atom is 0.180 e. The summed E-state index contributed by atoms with van der Waals surface area (Å²) in [5.74, 6) is 1.15. The van der Waals surface area contributed by atoms with Crippen LogP contribution in [-0.2, 0) is 9.53 Å². The van der Waals surface area contributed by atoms with E-state index in [2.05, 4.69) is 4.99 Å². The van der Waals surface area contributed by atoms with Crippen LogP contribution in [0.15, 0.2) is 40.2 Å².